The molecule has 0 radical (unpaired) electrons. The number of piperidine rings is 1. The van der Waals surface area contributed by atoms with Gasteiger partial charge in [0.15, 0.2) is 0 Å². The molecule has 2 unspecified atom stereocenters. The molecule has 0 spiro atoms. The van der Waals surface area contributed by atoms with Crippen LogP contribution in [0.5, 0.6) is 0 Å². The average molecular weight is 556 g/mol. The fourth-order valence-corrected chi connectivity index (χ4v) is 6.42. The summed E-state index contributed by atoms with van der Waals surface area (Å²) in [6.07, 6.45) is 6.14. The Morgan fingerprint density at radius 1 is 1.18 bits per heavy atom. The van der Waals surface area contributed by atoms with Gasteiger partial charge in [0.25, 0.3) is 0 Å². The van der Waals surface area contributed by atoms with Gasteiger partial charge in [0.1, 0.15) is 11.8 Å². The predicted octanol–water partition coefficient (Wildman–Crippen LogP) is 6.71. The van der Waals surface area contributed by atoms with Gasteiger partial charge in [-0.15, -0.1) is 11.3 Å². The number of carbonyl (C=O) groups excluding carboxylic acids is 1. The summed E-state index contributed by atoms with van der Waals surface area (Å²) in [5.41, 5.74) is 1.89. The first-order chi connectivity index (χ1) is 18.2. The molecule has 1 aliphatic carbocycles. The summed E-state index contributed by atoms with van der Waals surface area (Å²) in [5.74, 6) is 0.626. The van der Waals surface area contributed by atoms with Crippen LogP contribution in [0.4, 0.5) is 10.7 Å². The predicted molar refractivity (Wildman–Crippen MR) is 150 cm³/mol. The third kappa shape index (κ3) is 6.27. The van der Waals surface area contributed by atoms with Gasteiger partial charge in [-0.05, 0) is 58.2 Å². The number of aromatic nitrogens is 3. The average Bonchev–Trinajstić information content (AvgIpc) is 3.53. The van der Waals surface area contributed by atoms with Crippen molar-refractivity contribution in [1.82, 2.24) is 19.9 Å². The number of hydrogen-bond acceptors (Lipinski definition) is 8. The van der Waals surface area contributed by atoms with Crippen LogP contribution in [0.1, 0.15) is 70.2 Å². The largest absolute Gasteiger partial charge is 0.444 e. The van der Waals surface area contributed by atoms with Gasteiger partial charge in [0.05, 0.1) is 21.3 Å². The number of amides is 1. The van der Waals surface area contributed by atoms with Crippen LogP contribution in [-0.4, -0.2) is 55.5 Å². The molecule has 1 aromatic carbocycles. The van der Waals surface area contributed by atoms with Crippen molar-refractivity contribution in [2.75, 3.05) is 11.9 Å². The molecule has 1 amide bonds. The Labute approximate surface area is 232 Å². The van der Waals surface area contributed by atoms with Gasteiger partial charge in [-0.3, -0.25) is 4.90 Å². The highest BCUT2D eigenvalue weighted by atomic mass is 35.5. The van der Waals surface area contributed by atoms with E-state index in [1.54, 1.807) is 17.5 Å². The van der Waals surface area contributed by atoms with E-state index >= 15 is 0 Å². The second-order valence-electron chi connectivity index (χ2n) is 11.0. The molecule has 1 aliphatic heterocycles. The van der Waals surface area contributed by atoms with Crippen molar-refractivity contribution in [2.45, 2.75) is 83.1 Å². The van der Waals surface area contributed by atoms with Crippen molar-refractivity contribution in [3.63, 3.8) is 0 Å². The molecular formula is C28H34ClN5O3S. The van der Waals surface area contributed by atoms with Crippen LogP contribution in [0.3, 0.4) is 0 Å². The van der Waals surface area contributed by atoms with E-state index in [1.165, 1.54) is 17.7 Å². The van der Waals surface area contributed by atoms with E-state index in [0.29, 0.717) is 36.4 Å². The monoisotopic (exact) mass is 555 g/mol. The highest BCUT2D eigenvalue weighted by Crippen LogP contribution is 2.42. The van der Waals surface area contributed by atoms with Crippen LogP contribution >= 0.6 is 22.9 Å². The Balaban J connectivity index is 1.43. The van der Waals surface area contributed by atoms with E-state index in [9.17, 15) is 9.90 Å². The maximum Gasteiger partial charge on any atom is 0.412 e. The van der Waals surface area contributed by atoms with Crippen LogP contribution in [0, 0.1) is 0 Å². The summed E-state index contributed by atoms with van der Waals surface area (Å²) in [5, 5.41) is 15.9. The number of ether oxygens (including phenoxy) is 1. The summed E-state index contributed by atoms with van der Waals surface area (Å²) in [6, 6.07) is 9.97. The topological polar surface area (TPSA) is 100 Å². The van der Waals surface area contributed by atoms with E-state index < -0.39 is 17.9 Å². The number of rotatable bonds is 5. The normalized spacial score (nSPS) is 20.5. The first-order valence-corrected chi connectivity index (χ1v) is 14.4. The van der Waals surface area contributed by atoms with E-state index in [4.69, 9.17) is 26.3 Å². The Hall–Kier alpha value is -2.75. The minimum Gasteiger partial charge on any atom is -0.444 e. The summed E-state index contributed by atoms with van der Waals surface area (Å²) < 4.78 is 5.48. The molecule has 2 fully saturated rings. The molecule has 0 bridgehead atoms. The van der Waals surface area contributed by atoms with Crippen LogP contribution < -0.4 is 5.32 Å². The lowest BCUT2D eigenvalue weighted by Crippen LogP contribution is -2.47. The molecule has 3 heterocycles. The lowest BCUT2D eigenvalue weighted by Gasteiger charge is -2.36. The standard InChI is InChI=1S/C28H34ClN5O3S/c1-28(2,3)37-27(36)34-14-12-18(16-22(34)35)25-33-23(17-7-6-8-19(29)15-17)24(38-25)21-11-13-30-26(32-21)31-20-9-4-5-10-20/h6-8,11,13,15,18,20,22,35H,4-5,9-10,12,14,16H2,1-3H3,(H,30,31,32). The summed E-state index contributed by atoms with van der Waals surface area (Å²) in [4.78, 5) is 29.3. The maximum absolute atomic E-state index is 12.6. The van der Waals surface area contributed by atoms with Gasteiger partial charge in [-0.1, -0.05) is 36.6 Å². The Morgan fingerprint density at radius 3 is 2.68 bits per heavy atom. The molecule has 2 aromatic heterocycles. The summed E-state index contributed by atoms with van der Waals surface area (Å²) in [6.45, 7) is 5.85. The highest BCUT2D eigenvalue weighted by Gasteiger charge is 2.35. The van der Waals surface area contributed by atoms with Crippen molar-refractivity contribution in [3.8, 4) is 21.8 Å². The van der Waals surface area contributed by atoms with Crippen molar-refractivity contribution in [1.29, 1.82) is 0 Å². The van der Waals surface area contributed by atoms with Crippen LogP contribution in [-0.2, 0) is 4.74 Å². The zero-order chi connectivity index (χ0) is 26.9. The van der Waals surface area contributed by atoms with Crippen LogP contribution in [0.25, 0.3) is 21.8 Å². The number of anilines is 1. The molecule has 1 saturated carbocycles. The number of aliphatic hydroxyl groups excluding tert-OH is 1. The SMILES string of the molecule is CC(C)(C)OC(=O)N1CCC(c2nc(-c3cccc(Cl)c3)c(-c3ccnc(NC4CCCC4)n3)s2)CC1O. The maximum atomic E-state index is 12.6. The Kier molecular flexibility index (Phi) is 7.88. The van der Waals surface area contributed by atoms with Crippen molar-refractivity contribution < 1.29 is 14.6 Å². The zero-order valence-electron chi connectivity index (χ0n) is 22.0. The van der Waals surface area contributed by atoms with Gasteiger partial charge in [-0.25, -0.2) is 19.7 Å². The number of hydrogen-bond donors (Lipinski definition) is 2. The zero-order valence-corrected chi connectivity index (χ0v) is 23.6. The molecule has 5 rings (SSSR count). The number of thiazole rings is 1. The first kappa shape index (κ1) is 26.8. The number of likely N-dealkylation sites (tertiary alicyclic amines) is 1. The lowest BCUT2D eigenvalue weighted by molar-refractivity contribution is -0.0492. The molecule has 202 valence electrons. The van der Waals surface area contributed by atoms with Crippen LogP contribution in [0.15, 0.2) is 36.5 Å². The third-order valence-corrected chi connectivity index (χ3v) is 8.34. The minimum absolute atomic E-state index is 0.00158. The van der Waals surface area contributed by atoms with E-state index in [2.05, 4.69) is 10.3 Å². The molecule has 2 atom stereocenters. The molecule has 2 N–H and O–H groups in total. The third-order valence-electron chi connectivity index (χ3n) is 6.87. The van der Waals surface area contributed by atoms with E-state index in [1.807, 2.05) is 51.1 Å². The Bertz CT molecular complexity index is 1290. The van der Waals surface area contributed by atoms with E-state index in [0.717, 1.165) is 39.7 Å². The summed E-state index contributed by atoms with van der Waals surface area (Å²) in [7, 11) is 0. The molecule has 1 saturated heterocycles. The number of nitrogens with zero attached hydrogens (tertiary/aromatic N) is 4. The number of carbonyl (C=O) groups is 1. The number of halogens is 1. The number of aliphatic hydroxyl groups is 1. The van der Waals surface area contributed by atoms with Crippen LogP contribution in [0.2, 0.25) is 5.02 Å². The first-order valence-electron chi connectivity index (χ1n) is 13.2. The van der Waals surface area contributed by atoms with Gasteiger partial charge in [0, 0.05) is 41.7 Å². The number of benzene rings is 1. The molecule has 3 aromatic rings. The molecule has 10 heteroatoms. The molecular weight excluding hydrogens is 522 g/mol. The fraction of sp³-hybridized carbons (Fsp3) is 0.500. The van der Waals surface area contributed by atoms with Crippen molar-refractivity contribution in [3.05, 3.63) is 46.6 Å². The molecule has 38 heavy (non-hydrogen) atoms. The minimum atomic E-state index is -0.938. The van der Waals surface area contributed by atoms with Gasteiger partial charge >= 0.3 is 6.09 Å². The van der Waals surface area contributed by atoms with Gasteiger partial charge < -0.3 is 15.2 Å². The highest BCUT2D eigenvalue weighted by molar-refractivity contribution is 7.15. The second-order valence-corrected chi connectivity index (χ2v) is 12.5. The molecule has 8 nitrogen and oxygen atoms in total. The second kappa shape index (κ2) is 11.2. The Morgan fingerprint density at radius 2 is 1.97 bits per heavy atom. The molecule has 2 aliphatic rings. The fourth-order valence-electron chi connectivity index (χ4n) is 5.03. The van der Waals surface area contributed by atoms with Gasteiger partial charge in [-0.2, -0.15) is 0 Å². The smallest absolute Gasteiger partial charge is 0.412 e. The lowest BCUT2D eigenvalue weighted by atomic mass is 9.96. The van der Waals surface area contributed by atoms with Crippen molar-refractivity contribution >= 4 is 35.0 Å². The van der Waals surface area contributed by atoms with Crippen molar-refractivity contribution in [2.24, 2.45) is 0 Å². The number of nitrogens with one attached hydrogen (secondary N) is 1. The quantitative estimate of drug-likeness (QED) is 0.361. The van der Waals surface area contributed by atoms with Gasteiger partial charge in [0.2, 0.25) is 5.95 Å². The van der Waals surface area contributed by atoms with E-state index in [-0.39, 0.29) is 5.92 Å². The summed E-state index contributed by atoms with van der Waals surface area (Å²) >= 11 is 7.91.